The molecule has 0 amide bonds. The molecule has 1 heterocycles. The number of nitriles is 1. The van der Waals surface area contributed by atoms with Crippen molar-refractivity contribution in [3.05, 3.63) is 64.8 Å². The van der Waals surface area contributed by atoms with E-state index in [1.807, 2.05) is 30.3 Å². The fourth-order valence-electron chi connectivity index (χ4n) is 3.73. The Morgan fingerprint density at radius 2 is 1.91 bits per heavy atom. The van der Waals surface area contributed by atoms with Gasteiger partial charge in [-0.05, 0) is 61.1 Å². The molecular weight excluding hydrogens is 282 g/mol. The van der Waals surface area contributed by atoms with Gasteiger partial charge in [-0.2, -0.15) is 5.26 Å². The summed E-state index contributed by atoms with van der Waals surface area (Å²) in [6.45, 7) is 0.796. The van der Waals surface area contributed by atoms with Crippen LogP contribution >= 0.6 is 0 Å². The molecule has 2 aromatic carbocycles. The van der Waals surface area contributed by atoms with Gasteiger partial charge in [-0.1, -0.05) is 18.2 Å². The normalized spacial score (nSPS) is 13.7. The van der Waals surface area contributed by atoms with Gasteiger partial charge in [0.05, 0.1) is 11.6 Å². The van der Waals surface area contributed by atoms with Crippen LogP contribution in [0.2, 0.25) is 0 Å². The Morgan fingerprint density at radius 3 is 2.74 bits per heavy atom. The SMILES string of the molecule is N#Cc1ccc2c(c1)c1c(n2Cc2ccccc2N)CCCC1. The highest BCUT2D eigenvalue weighted by Gasteiger charge is 2.20. The van der Waals surface area contributed by atoms with Gasteiger partial charge in [-0.15, -0.1) is 0 Å². The average Bonchev–Trinajstić information content (AvgIpc) is 2.90. The van der Waals surface area contributed by atoms with Crippen LogP contribution in [-0.2, 0) is 19.4 Å². The topological polar surface area (TPSA) is 54.7 Å². The van der Waals surface area contributed by atoms with E-state index in [2.05, 4.69) is 22.8 Å². The number of para-hydroxylation sites is 1. The summed E-state index contributed by atoms with van der Waals surface area (Å²) in [5, 5.41) is 10.4. The molecule has 1 aliphatic rings. The largest absolute Gasteiger partial charge is 0.398 e. The first kappa shape index (κ1) is 13.9. The lowest BCUT2D eigenvalue weighted by Crippen LogP contribution is -2.10. The number of aromatic nitrogens is 1. The smallest absolute Gasteiger partial charge is 0.0991 e. The van der Waals surface area contributed by atoms with E-state index in [1.54, 1.807) is 0 Å². The maximum absolute atomic E-state index is 9.21. The average molecular weight is 301 g/mol. The Hall–Kier alpha value is -2.73. The van der Waals surface area contributed by atoms with Crippen LogP contribution in [0.15, 0.2) is 42.5 Å². The van der Waals surface area contributed by atoms with Gasteiger partial charge in [0.2, 0.25) is 0 Å². The van der Waals surface area contributed by atoms with E-state index in [0.717, 1.165) is 36.2 Å². The fourth-order valence-corrected chi connectivity index (χ4v) is 3.73. The molecule has 1 aromatic heterocycles. The summed E-state index contributed by atoms with van der Waals surface area (Å²) in [7, 11) is 0. The minimum atomic E-state index is 0.738. The highest BCUT2D eigenvalue weighted by Crippen LogP contribution is 2.33. The van der Waals surface area contributed by atoms with Crippen LogP contribution < -0.4 is 5.73 Å². The number of fused-ring (bicyclic) bond motifs is 3. The molecule has 3 aromatic rings. The minimum Gasteiger partial charge on any atom is -0.398 e. The van der Waals surface area contributed by atoms with Gasteiger partial charge in [0.15, 0.2) is 0 Å². The highest BCUT2D eigenvalue weighted by atomic mass is 15.0. The van der Waals surface area contributed by atoms with Crippen LogP contribution in [0.3, 0.4) is 0 Å². The fraction of sp³-hybridized carbons (Fsp3) is 0.250. The summed E-state index contributed by atoms with van der Waals surface area (Å²) in [6, 6.07) is 16.4. The summed E-state index contributed by atoms with van der Waals surface area (Å²) in [5.41, 5.74) is 13.0. The molecule has 1 aliphatic carbocycles. The third-order valence-corrected chi connectivity index (χ3v) is 4.89. The molecule has 0 bridgehead atoms. The van der Waals surface area contributed by atoms with Gasteiger partial charge in [0.1, 0.15) is 0 Å². The highest BCUT2D eigenvalue weighted by molar-refractivity contribution is 5.87. The zero-order valence-electron chi connectivity index (χ0n) is 13.0. The van der Waals surface area contributed by atoms with Crippen molar-refractivity contribution in [1.29, 1.82) is 5.26 Å². The second-order valence-corrected chi connectivity index (χ2v) is 6.26. The van der Waals surface area contributed by atoms with E-state index in [-0.39, 0.29) is 0 Å². The van der Waals surface area contributed by atoms with Crippen molar-refractivity contribution in [3.63, 3.8) is 0 Å². The zero-order valence-corrected chi connectivity index (χ0v) is 13.0. The molecule has 0 aliphatic heterocycles. The number of nitrogen functional groups attached to an aromatic ring is 1. The molecule has 0 atom stereocenters. The molecule has 0 saturated heterocycles. The molecule has 0 unspecified atom stereocenters. The van der Waals surface area contributed by atoms with E-state index in [1.165, 1.54) is 35.0 Å². The van der Waals surface area contributed by atoms with Crippen molar-refractivity contribution < 1.29 is 0 Å². The summed E-state index contributed by atoms with van der Waals surface area (Å²) in [4.78, 5) is 0. The van der Waals surface area contributed by atoms with E-state index in [9.17, 15) is 5.26 Å². The Balaban J connectivity index is 1.92. The quantitative estimate of drug-likeness (QED) is 0.727. The maximum atomic E-state index is 9.21. The number of hydrogen-bond donors (Lipinski definition) is 1. The first-order valence-electron chi connectivity index (χ1n) is 8.15. The molecule has 3 heteroatoms. The van der Waals surface area contributed by atoms with Crippen molar-refractivity contribution in [2.45, 2.75) is 32.2 Å². The van der Waals surface area contributed by atoms with Crippen molar-refractivity contribution in [2.24, 2.45) is 0 Å². The van der Waals surface area contributed by atoms with Gasteiger partial charge >= 0.3 is 0 Å². The zero-order chi connectivity index (χ0) is 15.8. The van der Waals surface area contributed by atoms with Crippen molar-refractivity contribution >= 4 is 16.6 Å². The van der Waals surface area contributed by atoms with E-state index < -0.39 is 0 Å². The lowest BCUT2D eigenvalue weighted by molar-refractivity contribution is 0.638. The van der Waals surface area contributed by atoms with Gasteiger partial charge in [0.25, 0.3) is 0 Å². The van der Waals surface area contributed by atoms with Crippen molar-refractivity contribution in [3.8, 4) is 6.07 Å². The van der Waals surface area contributed by atoms with E-state index in [4.69, 9.17) is 5.73 Å². The summed E-state index contributed by atoms with van der Waals surface area (Å²) in [6.07, 6.45) is 4.69. The molecule has 0 spiro atoms. The number of anilines is 1. The lowest BCUT2D eigenvalue weighted by Gasteiger charge is -2.16. The standard InChI is InChI=1S/C20H19N3/c21-12-14-9-10-20-17(11-14)16-6-2-4-8-19(16)23(20)13-15-5-1-3-7-18(15)22/h1,3,5,7,9-11H,2,4,6,8,13,22H2. The first-order chi connectivity index (χ1) is 11.3. The second kappa shape index (κ2) is 5.48. The molecular formula is C20H19N3. The Morgan fingerprint density at radius 1 is 1.09 bits per heavy atom. The molecule has 0 fully saturated rings. The van der Waals surface area contributed by atoms with Crippen LogP contribution in [0.25, 0.3) is 10.9 Å². The number of nitrogens with two attached hydrogens (primary N) is 1. The number of rotatable bonds is 2. The van der Waals surface area contributed by atoms with Gasteiger partial charge in [-0.25, -0.2) is 0 Å². The van der Waals surface area contributed by atoms with E-state index in [0.29, 0.717) is 0 Å². The Labute approximate surface area is 136 Å². The Kier molecular flexibility index (Phi) is 3.31. The molecule has 114 valence electrons. The van der Waals surface area contributed by atoms with Crippen LogP contribution in [0.1, 0.15) is 35.2 Å². The van der Waals surface area contributed by atoms with Gasteiger partial charge in [0, 0.05) is 28.8 Å². The summed E-state index contributed by atoms with van der Waals surface area (Å²) < 4.78 is 2.40. The van der Waals surface area contributed by atoms with Crippen molar-refractivity contribution in [2.75, 3.05) is 5.73 Å². The van der Waals surface area contributed by atoms with Gasteiger partial charge in [-0.3, -0.25) is 0 Å². The number of benzene rings is 2. The van der Waals surface area contributed by atoms with Crippen LogP contribution in [0.4, 0.5) is 5.69 Å². The minimum absolute atomic E-state index is 0.738. The molecule has 3 nitrogen and oxygen atoms in total. The molecule has 23 heavy (non-hydrogen) atoms. The number of hydrogen-bond acceptors (Lipinski definition) is 2. The number of aryl methyl sites for hydroxylation is 1. The van der Waals surface area contributed by atoms with Crippen molar-refractivity contribution in [1.82, 2.24) is 4.57 Å². The second-order valence-electron chi connectivity index (χ2n) is 6.26. The monoisotopic (exact) mass is 301 g/mol. The van der Waals surface area contributed by atoms with E-state index >= 15 is 0 Å². The summed E-state index contributed by atoms with van der Waals surface area (Å²) >= 11 is 0. The lowest BCUT2D eigenvalue weighted by atomic mass is 9.95. The molecule has 2 N–H and O–H groups in total. The molecule has 4 rings (SSSR count). The maximum Gasteiger partial charge on any atom is 0.0991 e. The number of nitrogens with zero attached hydrogens (tertiary/aromatic N) is 2. The molecule has 0 saturated carbocycles. The van der Waals surface area contributed by atoms with Crippen LogP contribution in [0, 0.1) is 11.3 Å². The van der Waals surface area contributed by atoms with Crippen LogP contribution in [-0.4, -0.2) is 4.57 Å². The third-order valence-electron chi connectivity index (χ3n) is 4.89. The van der Waals surface area contributed by atoms with Gasteiger partial charge < -0.3 is 10.3 Å². The predicted molar refractivity (Wildman–Crippen MR) is 93.3 cm³/mol. The first-order valence-corrected chi connectivity index (χ1v) is 8.15. The third kappa shape index (κ3) is 2.27. The molecule has 0 radical (unpaired) electrons. The summed E-state index contributed by atoms with van der Waals surface area (Å²) in [5.74, 6) is 0. The van der Waals surface area contributed by atoms with Crippen LogP contribution in [0.5, 0.6) is 0 Å². The Bertz CT molecular complexity index is 928. The predicted octanol–water partition coefficient (Wildman–Crippen LogP) is 4.02.